The van der Waals surface area contributed by atoms with Crippen LogP contribution in [0.3, 0.4) is 0 Å². The average molecular weight is 447 g/mol. The van der Waals surface area contributed by atoms with Crippen LogP contribution in [0.25, 0.3) is 0 Å². The van der Waals surface area contributed by atoms with Gasteiger partial charge in [-0.3, -0.25) is 14.9 Å². The second-order valence-electron chi connectivity index (χ2n) is 10.1. The highest BCUT2D eigenvalue weighted by atomic mass is 16.5. The van der Waals surface area contributed by atoms with Crippen molar-refractivity contribution in [3.05, 3.63) is 34.9 Å². The van der Waals surface area contributed by atoms with Crippen LogP contribution in [0, 0.1) is 12.8 Å². The van der Waals surface area contributed by atoms with Gasteiger partial charge in [-0.1, -0.05) is 52.8 Å². The van der Waals surface area contributed by atoms with Crippen molar-refractivity contribution in [2.75, 3.05) is 6.61 Å². The third kappa shape index (κ3) is 6.17. The molecule has 7 heteroatoms. The molecule has 178 valence electrons. The Kier molecular flexibility index (Phi) is 8.60. The zero-order valence-corrected chi connectivity index (χ0v) is 20.2. The van der Waals surface area contributed by atoms with Crippen LogP contribution in [0.2, 0.25) is 0 Å². The minimum absolute atomic E-state index is 0.113. The Morgan fingerprint density at radius 3 is 2.44 bits per heavy atom. The van der Waals surface area contributed by atoms with Crippen molar-refractivity contribution < 1.29 is 24.2 Å². The second-order valence-corrected chi connectivity index (χ2v) is 10.1. The number of hydrogen-bond donors (Lipinski definition) is 3. The Hall–Kier alpha value is -2.25. The number of rotatable bonds is 9. The highest BCUT2D eigenvalue weighted by Crippen LogP contribution is 2.41. The van der Waals surface area contributed by atoms with Gasteiger partial charge in [0.25, 0.3) is 0 Å². The van der Waals surface area contributed by atoms with E-state index >= 15 is 0 Å². The zero-order valence-electron chi connectivity index (χ0n) is 20.2. The first-order valence-corrected chi connectivity index (χ1v) is 11.4. The van der Waals surface area contributed by atoms with Gasteiger partial charge in [-0.2, -0.15) is 0 Å². The van der Waals surface area contributed by atoms with Crippen LogP contribution in [0.15, 0.2) is 18.2 Å². The van der Waals surface area contributed by atoms with Crippen LogP contribution in [0.4, 0.5) is 0 Å². The van der Waals surface area contributed by atoms with Crippen LogP contribution >= 0.6 is 0 Å². The van der Waals surface area contributed by atoms with E-state index in [1.165, 1.54) is 11.1 Å². The summed E-state index contributed by atoms with van der Waals surface area (Å²) in [6.07, 6.45) is 2.63. The maximum absolute atomic E-state index is 13.2. The lowest BCUT2D eigenvalue weighted by Gasteiger charge is -2.44. The number of aryl methyl sites for hydroxylation is 1. The monoisotopic (exact) mass is 446 g/mol. The van der Waals surface area contributed by atoms with E-state index in [2.05, 4.69) is 50.5 Å². The van der Waals surface area contributed by atoms with Crippen LogP contribution in [-0.2, 0) is 30.3 Å². The van der Waals surface area contributed by atoms with Crippen molar-refractivity contribution in [2.24, 2.45) is 5.92 Å². The fourth-order valence-electron chi connectivity index (χ4n) is 4.58. The molecule has 1 saturated heterocycles. The number of ether oxygens (including phenoxy) is 1. The lowest BCUT2D eigenvalue weighted by molar-refractivity contribution is -0.142. The summed E-state index contributed by atoms with van der Waals surface area (Å²) < 4.78 is 6.41. The van der Waals surface area contributed by atoms with E-state index in [0.29, 0.717) is 19.3 Å². The Morgan fingerprint density at radius 1 is 1.25 bits per heavy atom. The van der Waals surface area contributed by atoms with E-state index in [4.69, 9.17) is 9.84 Å². The zero-order chi connectivity index (χ0) is 24.1. The molecule has 1 unspecified atom stereocenters. The SMILES string of the molecule is Cc1cccc(C2(N[C@H](C(=O)N[C@H](C=O)CC(=O)O)C(C)C)CCCCO2)c1C(C)(C)C. The number of carbonyl (C=O) groups excluding carboxylic acids is 2. The molecule has 2 rings (SSSR count). The maximum atomic E-state index is 13.2. The predicted octanol–water partition coefficient (Wildman–Crippen LogP) is 3.42. The Balaban J connectivity index is 2.47. The molecule has 1 amide bonds. The normalized spacial score (nSPS) is 21.1. The number of amides is 1. The van der Waals surface area contributed by atoms with Crippen LogP contribution in [0.1, 0.15) is 77.0 Å². The second kappa shape index (κ2) is 10.6. The number of carboxylic acids is 1. The Labute approximate surface area is 191 Å². The van der Waals surface area contributed by atoms with Gasteiger partial charge < -0.3 is 20.0 Å². The molecule has 1 aromatic rings. The number of carbonyl (C=O) groups is 3. The van der Waals surface area contributed by atoms with Gasteiger partial charge in [0.2, 0.25) is 5.91 Å². The fraction of sp³-hybridized carbons (Fsp3) is 0.640. The van der Waals surface area contributed by atoms with Gasteiger partial charge in [0.15, 0.2) is 0 Å². The molecule has 0 bridgehead atoms. The molecular formula is C25H38N2O5. The molecule has 3 N–H and O–H groups in total. The first-order valence-electron chi connectivity index (χ1n) is 11.4. The van der Waals surface area contributed by atoms with E-state index < -0.39 is 36.1 Å². The molecule has 1 heterocycles. The van der Waals surface area contributed by atoms with E-state index in [-0.39, 0.29) is 11.3 Å². The first-order chi connectivity index (χ1) is 14.9. The third-order valence-corrected chi connectivity index (χ3v) is 5.95. The molecular weight excluding hydrogens is 408 g/mol. The average Bonchev–Trinajstić information content (AvgIpc) is 2.70. The van der Waals surface area contributed by atoms with Crippen LogP contribution < -0.4 is 10.6 Å². The molecule has 7 nitrogen and oxygen atoms in total. The number of hydrogen-bond acceptors (Lipinski definition) is 5. The maximum Gasteiger partial charge on any atom is 0.305 e. The number of carboxylic acid groups (broad SMARTS) is 1. The molecule has 32 heavy (non-hydrogen) atoms. The molecule has 0 saturated carbocycles. The van der Waals surface area contributed by atoms with Gasteiger partial charge >= 0.3 is 5.97 Å². The van der Waals surface area contributed by atoms with Gasteiger partial charge in [0, 0.05) is 12.2 Å². The highest BCUT2D eigenvalue weighted by molar-refractivity contribution is 5.86. The first kappa shape index (κ1) is 26.0. The molecule has 0 aromatic heterocycles. The van der Waals surface area contributed by atoms with Crippen molar-refractivity contribution in [1.82, 2.24) is 10.6 Å². The molecule has 1 aliphatic rings. The van der Waals surface area contributed by atoms with E-state index in [0.717, 1.165) is 18.4 Å². The van der Waals surface area contributed by atoms with Crippen molar-refractivity contribution >= 4 is 18.2 Å². The van der Waals surface area contributed by atoms with Crippen LogP contribution in [0.5, 0.6) is 0 Å². The minimum atomic E-state index is -1.14. The molecule has 1 fully saturated rings. The van der Waals surface area contributed by atoms with Gasteiger partial charge in [0.1, 0.15) is 12.0 Å². The topological polar surface area (TPSA) is 105 Å². The number of aliphatic carboxylic acids is 1. The molecule has 0 radical (unpaired) electrons. The fourth-order valence-corrected chi connectivity index (χ4v) is 4.58. The van der Waals surface area contributed by atoms with Crippen molar-refractivity contribution in [3.8, 4) is 0 Å². The van der Waals surface area contributed by atoms with Crippen molar-refractivity contribution in [2.45, 2.75) is 90.4 Å². The van der Waals surface area contributed by atoms with Gasteiger partial charge in [0.05, 0.1) is 18.5 Å². The summed E-state index contributed by atoms with van der Waals surface area (Å²) in [6.45, 7) is 13.0. The number of benzene rings is 1. The molecule has 0 aliphatic carbocycles. The molecule has 1 aliphatic heterocycles. The summed E-state index contributed by atoms with van der Waals surface area (Å²) in [6, 6.07) is 4.43. The van der Waals surface area contributed by atoms with Crippen molar-refractivity contribution in [1.29, 1.82) is 0 Å². The van der Waals surface area contributed by atoms with E-state index in [9.17, 15) is 14.4 Å². The summed E-state index contributed by atoms with van der Waals surface area (Å²) in [5.74, 6) is -1.66. The third-order valence-electron chi connectivity index (χ3n) is 5.95. The quantitative estimate of drug-likeness (QED) is 0.502. The highest BCUT2D eigenvalue weighted by Gasteiger charge is 2.43. The molecule has 1 aromatic carbocycles. The Morgan fingerprint density at radius 2 is 1.94 bits per heavy atom. The summed E-state index contributed by atoms with van der Waals surface area (Å²) in [5.41, 5.74) is 2.41. The summed E-state index contributed by atoms with van der Waals surface area (Å²) >= 11 is 0. The van der Waals surface area contributed by atoms with E-state index in [1.54, 1.807) is 0 Å². The van der Waals surface area contributed by atoms with E-state index in [1.807, 2.05) is 19.9 Å². The Bertz CT molecular complexity index is 822. The standard InChI is InChI=1S/C25H38N2O5/c1-16(2)22(23(31)26-18(15-28)14-20(29)30)27-25(12-7-8-13-32-25)19-11-9-10-17(3)21(19)24(4,5)6/h9-11,15-16,18,22,27H,7-8,12-14H2,1-6H3,(H,26,31)(H,29,30)/t18-,22-,25?/m0/s1. The summed E-state index contributed by atoms with van der Waals surface area (Å²) in [7, 11) is 0. The minimum Gasteiger partial charge on any atom is -0.481 e. The molecule has 0 spiro atoms. The summed E-state index contributed by atoms with van der Waals surface area (Å²) in [5, 5.41) is 15.1. The largest absolute Gasteiger partial charge is 0.481 e. The van der Waals surface area contributed by atoms with Crippen molar-refractivity contribution in [3.63, 3.8) is 0 Å². The predicted molar refractivity (Wildman–Crippen MR) is 123 cm³/mol. The number of nitrogens with one attached hydrogen (secondary N) is 2. The smallest absolute Gasteiger partial charge is 0.305 e. The lowest BCUT2D eigenvalue weighted by atomic mass is 9.76. The van der Waals surface area contributed by atoms with Gasteiger partial charge in [-0.25, -0.2) is 0 Å². The van der Waals surface area contributed by atoms with Gasteiger partial charge in [-0.05, 0) is 48.6 Å². The lowest BCUT2D eigenvalue weighted by Crippen LogP contribution is -2.59. The number of aldehydes is 1. The van der Waals surface area contributed by atoms with Crippen LogP contribution in [-0.4, -0.2) is 42.0 Å². The summed E-state index contributed by atoms with van der Waals surface area (Å²) in [4.78, 5) is 35.5. The van der Waals surface area contributed by atoms with Gasteiger partial charge in [-0.15, -0.1) is 0 Å². The molecule has 3 atom stereocenters.